The highest BCUT2D eigenvalue weighted by molar-refractivity contribution is 5.95. The maximum Gasteiger partial charge on any atom is 0.241 e. The molecule has 1 rings (SSSR count). The zero-order valence-corrected chi connectivity index (χ0v) is 11.3. The lowest BCUT2D eigenvalue weighted by Gasteiger charge is -2.25. The molecule has 1 atom stereocenters. The van der Waals surface area contributed by atoms with Crippen LogP contribution in [0.4, 0.5) is 14.5 Å². The summed E-state index contributed by atoms with van der Waals surface area (Å²) in [5.74, 6) is -2.63. The molecule has 102 valence electrons. The Morgan fingerprint density at radius 3 is 2.39 bits per heavy atom. The van der Waals surface area contributed by atoms with Gasteiger partial charge in [-0.05, 0) is 17.5 Å². The van der Waals surface area contributed by atoms with E-state index >= 15 is 0 Å². The third-order valence-electron chi connectivity index (χ3n) is 2.42. The van der Waals surface area contributed by atoms with Crippen molar-refractivity contribution in [1.29, 1.82) is 0 Å². The van der Waals surface area contributed by atoms with E-state index in [1.54, 1.807) is 20.8 Å². The zero-order chi connectivity index (χ0) is 13.2. The average Bonchev–Trinajstić information content (AvgIpc) is 2.22. The van der Waals surface area contributed by atoms with Crippen LogP contribution in [-0.2, 0) is 4.79 Å². The molecular formula is C12H17ClF2N2O. The molecule has 0 aliphatic carbocycles. The number of nitrogens with two attached hydrogens (primary N) is 1. The smallest absolute Gasteiger partial charge is 0.241 e. The maximum atomic E-state index is 13.3. The van der Waals surface area contributed by atoms with Crippen molar-refractivity contribution >= 4 is 24.0 Å². The fraction of sp³-hybridized carbons (Fsp3) is 0.417. The first kappa shape index (κ1) is 16.8. The van der Waals surface area contributed by atoms with Gasteiger partial charge in [0.2, 0.25) is 5.91 Å². The number of carbonyl (C=O) groups excluding carboxylic acids is 1. The van der Waals surface area contributed by atoms with E-state index in [2.05, 4.69) is 5.32 Å². The van der Waals surface area contributed by atoms with E-state index in [0.29, 0.717) is 0 Å². The third kappa shape index (κ3) is 3.92. The van der Waals surface area contributed by atoms with Gasteiger partial charge in [0.05, 0.1) is 11.7 Å². The molecule has 3 nitrogen and oxygen atoms in total. The van der Waals surface area contributed by atoms with Crippen LogP contribution in [0, 0.1) is 17.0 Å². The van der Waals surface area contributed by atoms with Crippen molar-refractivity contribution in [2.75, 3.05) is 5.32 Å². The summed E-state index contributed by atoms with van der Waals surface area (Å²) in [5.41, 5.74) is 5.05. The lowest BCUT2D eigenvalue weighted by Crippen LogP contribution is -2.45. The highest BCUT2D eigenvalue weighted by Crippen LogP contribution is 2.21. The number of amides is 1. The first-order valence-corrected chi connectivity index (χ1v) is 5.24. The summed E-state index contributed by atoms with van der Waals surface area (Å²) in [6.07, 6.45) is 0. The third-order valence-corrected chi connectivity index (χ3v) is 2.42. The molecule has 0 bridgehead atoms. The largest absolute Gasteiger partial charge is 0.322 e. The Hall–Kier alpha value is -1.20. The van der Waals surface area contributed by atoms with Crippen molar-refractivity contribution in [2.45, 2.75) is 26.8 Å². The summed E-state index contributed by atoms with van der Waals surface area (Å²) in [7, 11) is 0. The summed E-state index contributed by atoms with van der Waals surface area (Å²) < 4.78 is 26.2. The summed E-state index contributed by atoms with van der Waals surface area (Å²) in [6, 6.07) is 2.78. The number of nitrogens with one attached hydrogen (secondary N) is 1. The number of rotatable bonds is 2. The number of hydrogen-bond donors (Lipinski definition) is 2. The Bertz CT molecular complexity index is 433. The molecule has 0 radical (unpaired) electrons. The van der Waals surface area contributed by atoms with Gasteiger partial charge in [-0.2, -0.15) is 0 Å². The Morgan fingerprint density at radius 1 is 1.33 bits per heavy atom. The highest BCUT2D eigenvalue weighted by atomic mass is 35.5. The van der Waals surface area contributed by atoms with E-state index in [1.165, 1.54) is 12.1 Å². The lowest BCUT2D eigenvalue weighted by atomic mass is 9.87. The predicted molar refractivity (Wildman–Crippen MR) is 69.7 cm³/mol. The molecule has 0 fully saturated rings. The molecule has 3 N–H and O–H groups in total. The van der Waals surface area contributed by atoms with Crippen molar-refractivity contribution in [3.05, 3.63) is 29.8 Å². The lowest BCUT2D eigenvalue weighted by molar-refractivity contribution is -0.119. The van der Waals surface area contributed by atoms with Crippen molar-refractivity contribution in [3.63, 3.8) is 0 Å². The van der Waals surface area contributed by atoms with E-state index in [-0.39, 0.29) is 18.1 Å². The molecule has 0 aromatic heterocycles. The number of halogens is 3. The van der Waals surface area contributed by atoms with Gasteiger partial charge in [0.15, 0.2) is 11.6 Å². The van der Waals surface area contributed by atoms with Gasteiger partial charge < -0.3 is 11.1 Å². The summed E-state index contributed by atoms with van der Waals surface area (Å²) in [6.45, 7) is 5.37. The predicted octanol–water partition coefficient (Wildman–Crippen LogP) is 2.70. The van der Waals surface area contributed by atoms with Crippen LogP contribution in [-0.4, -0.2) is 11.9 Å². The second-order valence-corrected chi connectivity index (χ2v) is 4.93. The molecular weight excluding hydrogens is 262 g/mol. The Labute approximate surface area is 111 Å². The average molecular weight is 279 g/mol. The van der Waals surface area contributed by atoms with Gasteiger partial charge in [-0.25, -0.2) is 8.78 Å². The van der Waals surface area contributed by atoms with E-state index in [0.717, 1.165) is 6.07 Å². The molecule has 1 aromatic rings. The minimum atomic E-state index is -1.08. The molecule has 0 saturated heterocycles. The molecule has 0 spiro atoms. The second-order valence-electron chi connectivity index (χ2n) is 4.93. The van der Waals surface area contributed by atoms with Crippen LogP contribution < -0.4 is 11.1 Å². The van der Waals surface area contributed by atoms with Gasteiger partial charge in [0.1, 0.15) is 0 Å². The standard InChI is InChI=1S/C12H16F2N2O.ClH/c1-12(2,3)10(15)11(17)16-8-6-4-5-7(13)9(8)14;/h4-6,10H,15H2,1-3H3,(H,16,17);1H/t10-;/m1./s1. The number of anilines is 1. The Balaban J connectivity index is 0.00000289. The summed E-state index contributed by atoms with van der Waals surface area (Å²) in [5, 5.41) is 2.28. The molecule has 1 amide bonds. The molecule has 18 heavy (non-hydrogen) atoms. The minimum Gasteiger partial charge on any atom is -0.322 e. The van der Waals surface area contributed by atoms with E-state index in [1.807, 2.05) is 0 Å². The molecule has 0 aliphatic rings. The topological polar surface area (TPSA) is 55.1 Å². The normalized spacial score (nSPS) is 12.6. The van der Waals surface area contributed by atoms with Crippen LogP contribution in [0.15, 0.2) is 18.2 Å². The zero-order valence-electron chi connectivity index (χ0n) is 10.5. The number of hydrogen-bond acceptors (Lipinski definition) is 2. The van der Waals surface area contributed by atoms with Gasteiger partial charge in [-0.3, -0.25) is 4.79 Å². The van der Waals surface area contributed by atoms with Crippen LogP contribution in [0.5, 0.6) is 0 Å². The molecule has 6 heteroatoms. The fourth-order valence-corrected chi connectivity index (χ4v) is 1.20. The van der Waals surface area contributed by atoms with Crippen molar-refractivity contribution in [3.8, 4) is 0 Å². The van der Waals surface area contributed by atoms with Gasteiger partial charge in [-0.15, -0.1) is 12.4 Å². The minimum absolute atomic E-state index is 0. The van der Waals surface area contributed by atoms with Crippen LogP contribution in [0.25, 0.3) is 0 Å². The van der Waals surface area contributed by atoms with Crippen molar-refractivity contribution < 1.29 is 13.6 Å². The summed E-state index contributed by atoms with van der Waals surface area (Å²) in [4.78, 5) is 11.7. The van der Waals surface area contributed by atoms with E-state index in [9.17, 15) is 13.6 Å². The van der Waals surface area contributed by atoms with E-state index < -0.39 is 29.0 Å². The number of carbonyl (C=O) groups is 1. The van der Waals surface area contributed by atoms with Crippen molar-refractivity contribution in [2.24, 2.45) is 11.1 Å². The van der Waals surface area contributed by atoms with Crippen molar-refractivity contribution in [1.82, 2.24) is 0 Å². The molecule has 1 aromatic carbocycles. The SMILES string of the molecule is CC(C)(C)[C@H](N)C(=O)Nc1cccc(F)c1F.Cl. The van der Waals surface area contributed by atoms with Gasteiger partial charge in [-0.1, -0.05) is 26.8 Å². The van der Waals surface area contributed by atoms with Crippen LogP contribution in [0.3, 0.4) is 0 Å². The van der Waals surface area contributed by atoms with E-state index in [4.69, 9.17) is 5.73 Å². The van der Waals surface area contributed by atoms with Gasteiger partial charge in [0, 0.05) is 0 Å². The first-order chi connectivity index (χ1) is 7.73. The number of benzene rings is 1. The van der Waals surface area contributed by atoms with Crippen LogP contribution in [0.1, 0.15) is 20.8 Å². The Morgan fingerprint density at radius 2 is 1.89 bits per heavy atom. The quantitative estimate of drug-likeness (QED) is 0.874. The molecule has 0 aliphatic heterocycles. The highest BCUT2D eigenvalue weighted by Gasteiger charge is 2.28. The van der Waals surface area contributed by atoms with Gasteiger partial charge in [0.25, 0.3) is 0 Å². The molecule has 0 unspecified atom stereocenters. The maximum absolute atomic E-state index is 13.3. The monoisotopic (exact) mass is 278 g/mol. The first-order valence-electron chi connectivity index (χ1n) is 5.24. The second kappa shape index (κ2) is 6.11. The Kier molecular flexibility index (Phi) is 5.70. The van der Waals surface area contributed by atoms with Gasteiger partial charge >= 0.3 is 0 Å². The van der Waals surface area contributed by atoms with Crippen LogP contribution in [0.2, 0.25) is 0 Å². The summed E-state index contributed by atoms with van der Waals surface area (Å²) >= 11 is 0. The van der Waals surface area contributed by atoms with Crippen LogP contribution >= 0.6 is 12.4 Å². The fourth-order valence-electron chi connectivity index (χ4n) is 1.20. The molecule has 0 saturated carbocycles. The molecule has 0 heterocycles.